The van der Waals surface area contributed by atoms with Gasteiger partial charge in [0.15, 0.2) is 6.61 Å². The van der Waals surface area contributed by atoms with Crippen molar-refractivity contribution in [2.24, 2.45) is 0 Å². The van der Waals surface area contributed by atoms with Crippen molar-refractivity contribution in [1.29, 1.82) is 0 Å². The minimum Gasteiger partial charge on any atom is -0.482 e. The number of nitrogens with zero attached hydrogens (tertiary/aromatic N) is 2. The fourth-order valence-corrected chi connectivity index (χ4v) is 2.56. The molecule has 1 aromatic carbocycles. The van der Waals surface area contributed by atoms with Crippen LogP contribution in [0.1, 0.15) is 19.7 Å². The van der Waals surface area contributed by atoms with E-state index in [9.17, 15) is 9.59 Å². The van der Waals surface area contributed by atoms with Crippen LogP contribution in [-0.4, -0.2) is 33.9 Å². The monoisotopic (exact) mass is 384 g/mol. The molecule has 0 aliphatic heterocycles. The lowest BCUT2D eigenvalue weighted by atomic mass is 10.3. The van der Waals surface area contributed by atoms with Crippen LogP contribution in [0.15, 0.2) is 33.9 Å². The fourth-order valence-electron chi connectivity index (χ4n) is 1.67. The van der Waals surface area contributed by atoms with E-state index < -0.39 is 17.2 Å². The molecule has 0 saturated carbocycles. The predicted molar refractivity (Wildman–Crippen MR) is 92.6 cm³/mol. The van der Waals surface area contributed by atoms with Gasteiger partial charge in [0.2, 0.25) is 5.91 Å². The van der Waals surface area contributed by atoms with Gasteiger partial charge in [0.25, 0.3) is 11.1 Å². The van der Waals surface area contributed by atoms with E-state index in [4.69, 9.17) is 20.8 Å². The molecular formula is C15H17ClN4O4S. The van der Waals surface area contributed by atoms with Gasteiger partial charge in [-0.2, -0.15) is 0 Å². The van der Waals surface area contributed by atoms with E-state index in [2.05, 4.69) is 20.8 Å². The lowest BCUT2D eigenvalue weighted by Crippen LogP contribution is -2.42. The number of amides is 3. The van der Waals surface area contributed by atoms with Gasteiger partial charge in [-0.05, 0) is 26.0 Å². The van der Waals surface area contributed by atoms with Crippen LogP contribution < -0.4 is 15.4 Å². The largest absolute Gasteiger partial charge is 0.482 e. The van der Waals surface area contributed by atoms with Gasteiger partial charge in [0.05, 0.1) is 10.3 Å². The summed E-state index contributed by atoms with van der Waals surface area (Å²) in [5.41, 5.74) is 0. The van der Waals surface area contributed by atoms with Gasteiger partial charge in [-0.1, -0.05) is 35.5 Å². The molecule has 0 saturated heterocycles. The molecule has 1 aromatic heterocycles. The Bertz CT molecular complexity index is 740. The maximum absolute atomic E-state index is 11.9. The van der Waals surface area contributed by atoms with E-state index in [1.165, 1.54) is 0 Å². The highest BCUT2D eigenvalue weighted by Crippen LogP contribution is 2.25. The molecule has 0 aliphatic carbocycles. The normalized spacial score (nSPS) is 11.6. The van der Waals surface area contributed by atoms with Crippen molar-refractivity contribution < 1.29 is 18.7 Å². The molecule has 8 nitrogen and oxygen atoms in total. The summed E-state index contributed by atoms with van der Waals surface area (Å²) in [5, 5.41) is 12.5. The molecule has 2 N–H and O–H groups in total. The zero-order valence-electron chi connectivity index (χ0n) is 13.6. The second-order valence-electron chi connectivity index (χ2n) is 4.79. The van der Waals surface area contributed by atoms with E-state index >= 15 is 0 Å². The number of aromatic nitrogens is 2. The topological polar surface area (TPSA) is 106 Å². The van der Waals surface area contributed by atoms with Gasteiger partial charge in [-0.25, -0.2) is 4.79 Å². The minimum atomic E-state index is -0.583. The zero-order chi connectivity index (χ0) is 18.2. The Morgan fingerprint density at radius 3 is 2.84 bits per heavy atom. The molecule has 0 unspecified atom stereocenters. The highest BCUT2D eigenvalue weighted by atomic mass is 35.5. The van der Waals surface area contributed by atoms with Gasteiger partial charge in [-0.15, -0.1) is 10.2 Å². The molecule has 3 amide bonds. The lowest BCUT2D eigenvalue weighted by molar-refractivity contribution is -0.119. The molecule has 1 heterocycles. The number of benzene rings is 1. The Hall–Kier alpha value is -2.26. The molecule has 0 bridgehead atoms. The number of imide groups is 1. The van der Waals surface area contributed by atoms with Crippen LogP contribution in [-0.2, 0) is 11.4 Å². The number of carbonyl (C=O) groups excluding carboxylic acids is 2. The number of thioether (sulfide) groups is 1. The number of hydrogen-bond donors (Lipinski definition) is 2. The standard InChI is InChI=1S/C15H17ClN4O4S/c1-3-17-14(22)18-13(21)9(2)25-15-20-19-12(24-15)8-23-11-7-5-4-6-10(11)16/h4-7,9H,3,8H2,1-2H3,(H2,17,18,21,22)/t9-/m1/s1. The number of para-hydroxylation sites is 1. The third-order valence-electron chi connectivity index (χ3n) is 2.86. The van der Waals surface area contributed by atoms with Crippen molar-refractivity contribution in [1.82, 2.24) is 20.8 Å². The fraction of sp³-hybridized carbons (Fsp3) is 0.333. The Balaban J connectivity index is 1.85. The summed E-state index contributed by atoms with van der Waals surface area (Å²) in [4.78, 5) is 23.2. The van der Waals surface area contributed by atoms with E-state index in [0.717, 1.165) is 11.8 Å². The Kier molecular flexibility index (Phi) is 7.08. The van der Waals surface area contributed by atoms with Gasteiger partial charge in [0.1, 0.15) is 5.75 Å². The number of hydrogen-bond acceptors (Lipinski definition) is 7. The smallest absolute Gasteiger partial charge is 0.321 e. The number of rotatable bonds is 7. The second-order valence-corrected chi connectivity index (χ2v) is 6.49. The third-order valence-corrected chi connectivity index (χ3v) is 4.10. The molecular weight excluding hydrogens is 368 g/mol. The van der Waals surface area contributed by atoms with Crippen LogP contribution in [0.2, 0.25) is 5.02 Å². The first-order chi connectivity index (χ1) is 12.0. The molecule has 134 valence electrons. The molecule has 25 heavy (non-hydrogen) atoms. The van der Waals surface area contributed by atoms with Crippen molar-refractivity contribution in [3.8, 4) is 5.75 Å². The van der Waals surface area contributed by atoms with Crippen molar-refractivity contribution in [2.75, 3.05) is 6.54 Å². The number of ether oxygens (including phenoxy) is 1. The predicted octanol–water partition coefficient (Wildman–Crippen LogP) is 2.63. The van der Waals surface area contributed by atoms with E-state index in [-0.39, 0.29) is 17.7 Å². The molecule has 10 heteroatoms. The molecule has 2 aromatic rings. The molecule has 0 radical (unpaired) electrons. The molecule has 2 rings (SSSR count). The van der Waals surface area contributed by atoms with Gasteiger partial charge < -0.3 is 14.5 Å². The second kappa shape index (κ2) is 9.28. The Morgan fingerprint density at radius 1 is 1.36 bits per heavy atom. The van der Waals surface area contributed by atoms with Gasteiger partial charge in [-0.3, -0.25) is 10.1 Å². The summed E-state index contributed by atoms with van der Waals surface area (Å²) < 4.78 is 10.9. The average Bonchev–Trinajstić information content (AvgIpc) is 3.01. The van der Waals surface area contributed by atoms with Gasteiger partial charge in [0, 0.05) is 6.54 Å². The van der Waals surface area contributed by atoms with Gasteiger partial charge >= 0.3 is 6.03 Å². The summed E-state index contributed by atoms with van der Waals surface area (Å²) in [5.74, 6) is 0.299. The molecule has 0 aliphatic rings. The van der Waals surface area contributed by atoms with Crippen molar-refractivity contribution >= 4 is 35.3 Å². The quantitative estimate of drug-likeness (QED) is 0.706. The molecule has 1 atom stereocenters. The van der Waals surface area contributed by atoms with Crippen molar-refractivity contribution in [3.63, 3.8) is 0 Å². The average molecular weight is 385 g/mol. The number of carbonyl (C=O) groups is 2. The summed E-state index contributed by atoms with van der Waals surface area (Å²) in [6.45, 7) is 3.87. The summed E-state index contributed by atoms with van der Waals surface area (Å²) in [6.07, 6.45) is 0. The van der Waals surface area contributed by atoms with Crippen molar-refractivity contribution in [3.05, 3.63) is 35.2 Å². The first-order valence-electron chi connectivity index (χ1n) is 7.44. The summed E-state index contributed by atoms with van der Waals surface area (Å²) >= 11 is 7.03. The van der Waals surface area contributed by atoms with E-state index in [0.29, 0.717) is 17.3 Å². The maximum atomic E-state index is 11.9. The van der Waals surface area contributed by atoms with Crippen LogP contribution in [0.5, 0.6) is 5.75 Å². The van der Waals surface area contributed by atoms with E-state index in [1.807, 2.05) is 0 Å². The zero-order valence-corrected chi connectivity index (χ0v) is 15.2. The van der Waals surface area contributed by atoms with Crippen LogP contribution >= 0.6 is 23.4 Å². The highest BCUT2D eigenvalue weighted by molar-refractivity contribution is 8.00. The van der Waals surface area contributed by atoms with Crippen LogP contribution in [0.25, 0.3) is 0 Å². The Morgan fingerprint density at radius 2 is 2.12 bits per heavy atom. The third kappa shape index (κ3) is 5.95. The summed E-state index contributed by atoms with van der Waals surface area (Å²) in [7, 11) is 0. The molecule has 0 fully saturated rings. The van der Waals surface area contributed by atoms with Crippen LogP contribution in [0.3, 0.4) is 0 Å². The van der Waals surface area contributed by atoms with Crippen molar-refractivity contribution in [2.45, 2.75) is 30.9 Å². The SMILES string of the molecule is CCNC(=O)NC(=O)[C@@H](C)Sc1nnc(COc2ccccc2Cl)o1. The highest BCUT2D eigenvalue weighted by Gasteiger charge is 2.20. The number of halogens is 1. The number of nitrogens with one attached hydrogen (secondary N) is 2. The van der Waals surface area contributed by atoms with Crippen LogP contribution in [0, 0.1) is 0 Å². The molecule has 0 spiro atoms. The lowest BCUT2D eigenvalue weighted by Gasteiger charge is -2.08. The summed E-state index contributed by atoms with van der Waals surface area (Å²) in [6, 6.07) is 6.48. The first kappa shape index (κ1) is 19.1. The first-order valence-corrected chi connectivity index (χ1v) is 8.70. The maximum Gasteiger partial charge on any atom is 0.321 e. The number of urea groups is 1. The Labute approximate surface area is 153 Å². The van der Waals surface area contributed by atoms with E-state index in [1.54, 1.807) is 38.1 Å². The minimum absolute atomic E-state index is 0.0524. The van der Waals surface area contributed by atoms with Crippen LogP contribution in [0.4, 0.5) is 4.79 Å².